The highest BCUT2D eigenvalue weighted by Gasteiger charge is 2.20. The molecule has 2 rings (SSSR count). The van der Waals surface area contributed by atoms with E-state index in [-0.39, 0.29) is 5.91 Å². The lowest BCUT2D eigenvalue weighted by molar-refractivity contribution is -0.144. The molecule has 1 heterocycles. The van der Waals surface area contributed by atoms with Gasteiger partial charge in [-0.25, -0.2) is 10.3 Å². The Bertz CT molecular complexity index is 441. The van der Waals surface area contributed by atoms with Crippen LogP contribution in [0, 0.1) is 0 Å². The molecule has 0 saturated carbocycles. The summed E-state index contributed by atoms with van der Waals surface area (Å²) >= 11 is 1.59. The Balaban J connectivity index is 1.99. The maximum atomic E-state index is 11.7. The van der Waals surface area contributed by atoms with Gasteiger partial charge in [-0.3, -0.25) is 9.63 Å². The number of aliphatic carboxylic acids is 1. The number of carbonyl (C=O) groups is 2. The summed E-state index contributed by atoms with van der Waals surface area (Å²) in [6.07, 6.45) is 4.22. The third-order valence-electron chi connectivity index (χ3n) is 2.67. The molecule has 0 fully saturated rings. The van der Waals surface area contributed by atoms with Crippen molar-refractivity contribution in [3.8, 4) is 0 Å². The predicted octanol–water partition coefficient (Wildman–Crippen LogP) is 1.37. The topological polar surface area (TPSA) is 75.6 Å². The lowest BCUT2D eigenvalue weighted by Crippen LogP contribution is -2.27. The number of thiophene rings is 1. The van der Waals surface area contributed by atoms with Crippen molar-refractivity contribution in [1.29, 1.82) is 0 Å². The van der Waals surface area contributed by atoms with Crippen LogP contribution < -0.4 is 5.48 Å². The Kier molecular flexibility index (Phi) is 3.75. The zero-order valence-corrected chi connectivity index (χ0v) is 10.0. The van der Waals surface area contributed by atoms with Crippen molar-refractivity contribution in [3.05, 3.63) is 21.4 Å². The molecule has 0 spiro atoms. The third-order valence-corrected chi connectivity index (χ3v) is 3.76. The summed E-state index contributed by atoms with van der Waals surface area (Å²) in [6.45, 7) is -0.530. The van der Waals surface area contributed by atoms with Crippen LogP contribution in [0.3, 0.4) is 0 Å². The molecule has 0 atom stereocenters. The molecule has 2 N–H and O–H groups in total. The van der Waals surface area contributed by atoms with E-state index in [0.717, 1.165) is 24.8 Å². The summed E-state index contributed by atoms with van der Waals surface area (Å²) in [5.41, 5.74) is 3.87. The first kappa shape index (κ1) is 12.1. The zero-order chi connectivity index (χ0) is 12.3. The van der Waals surface area contributed by atoms with E-state index in [0.29, 0.717) is 5.56 Å². The van der Waals surface area contributed by atoms with Crippen LogP contribution in [0.2, 0.25) is 0 Å². The Hall–Kier alpha value is -1.40. The second-order valence-electron chi connectivity index (χ2n) is 3.87. The molecule has 1 aliphatic rings. The van der Waals surface area contributed by atoms with Crippen molar-refractivity contribution in [1.82, 2.24) is 5.48 Å². The summed E-state index contributed by atoms with van der Waals surface area (Å²) in [5, 5.41) is 10.2. The average molecular weight is 255 g/mol. The van der Waals surface area contributed by atoms with Crippen molar-refractivity contribution < 1.29 is 19.5 Å². The molecule has 1 amide bonds. The quantitative estimate of drug-likeness (QED) is 0.797. The number of carbonyl (C=O) groups excluding carboxylic acids is 1. The highest BCUT2D eigenvalue weighted by Crippen LogP contribution is 2.29. The zero-order valence-electron chi connectivity index (χ0n) is 9.19. The minimum atomic E-state index is -1.11. The van der Waals surface area contributed by atoms with Gasteiger partial charge in [0.25, 0.3) is 5.91 Å². The maximum Gasteiger partial charge on any atom is 0.332 e. The first-order chi connectivity index (χ1) is 8.18. The number of amides is 1. The average Bonchev–Trinajstić information content (AvgIpc) is 2.72. The van der Waals surface area contributed by atoms with Crippen molar-refractivity contribution in [2.75, 3.05) is 6.61 Å². The summed E-state index contributed by atoms with van der Waals surface area (Å²) in [7, 11) is 0. The van der Waals surface area contributed by atoms with Gasteiger partial charge in [-0.05, 0) is 31.2 Å². The molecule has 1 aromatic heterocycles. The van der Waals surface area contributed by atoms with Gasteiger partial charge in [0, 0.05) is 10.3 Å². The minimum Gasteiger partial charge on any atom is -0.479 e. The van der Waals surface area contributed by atoms with Crippen LogP contribution in [0.1, 0.15) is 33.6 Å². The predicted molar refractivity (Wildman–Crippen MR) is 62.0 cm³/mol. The number of aryl methyl sites for hydroxylation is 1. The van der Waals surface area contributed by atoms with Crippen molar-refractivity contribution in [2.45, 2.75) is 25.7 Å². The lowest BCUT2D eigenvalue weighted by Gasteiger charge is -2.12. The van der Waals surface area contributed by atoms with E-state index in [1.807, 2.05) is 5.38 Å². The van der Waals surface area contributed by atoms with Crippen LogP contribution >= 0.6 is 11.3 Å². The normalized spacial score (nSPS) is 14.1. The summed E-state index contributed by atoms with van der Waals surface area (Å²) in [5.74, 6) is -1.47. The van der Waals surface area contributed by atoms with Gasteiger partial charge in [0.1, 0.15) is 0 Å². The first-order valence-electron chi connectivity index (χ1n) is 5.41. The molecule has 5 nitrogen and oxygen atoms in total. The Morgan fingerprint density at radius 1 is 1.41 bits per heavy atom. The molecule has 0 aromatic carbocycles. The van der Waals surface area contributed by atoms with Crippen molar-refractivity contribution >= 4 is 23.2 Å². The fraction of sp³-hybridized carbons (Fsp3) is 0.455. The fourth-order valence-corrected chi connectivity index (χ4v) is 3.03. The summed E-state index contributed by atoms with van der Waals surface area (Å²) in [4.78, 5) is 27.8. The van der Waals surface area contributed by atoms with E-state index in [1.165, 1.54) is 11.3 Å². The summed E-state index contributed by atoms with van der Waals surface area (Å²) in [6, 6.07) is 0. The number of rotatable bonds is 4. The molecular weight excluding hydrogens is 242 g/mol. The smallest absolute Gasteiger partial charge is 0.332 e. The van der Waals surface area contributed by atoms with Gasteiger partial charge in [0.2, 0.25) is 0 Å². The second-order valence-corrected chi connectivity index (χ2v) is 4.84. The van der Waals surface area contributed by atoms with Crippen LogP contribution in [0.15, 0.2) is 5.38 Å². The second kappa shape index (κ2) is 5.29. The van der Waals surface area contributed by atoms with Crippen LogP contribution in [0.4, 0.5) is 0 Å². The molecule has 6 heteroatoms. The number of fused-ring (bicyclic) bond motifs is 1. The highest BCUT2D eigenvalue weighted by molar-refractivity contribution is 7.10. The van der Waals surface area contributed by atoms with E-state index in [2.05, 4.69) is 10.3 Å². The van der Waals surface area contributed by atoms with E-state index in [9.17, 15) is 9.59 Å². The van der Waals surface area contributed by atoms with Gasteiger partial charge in [-0.1, -0.05) is 0 Å². The number of nitrogens with one attached hydrogen (secondary N) is 1. The fourth-order valence-electron chi connectivity index (χ4n) is 1.90. The van der Waals surface area contributed by atoms with Gasteiger partial charge in [-0.2, -0.15) is 0 Å². The molecule has 92 valence electrons. The Morgan fingerprint density at radius 2 is 2.18 bits per heavy atom. The van der Waals surface area contributed by atoms with Gasteiger partial charge in [0.05, 0.1) is 5.56 Å². The maximum absolute atomic E-state index is 11.7. The number of carboxylic acid groups (broad SMARTS) is 1. The molecule has 17 heavy (non-hydrogen) atoms. The molecule has 0 radical (unpaired) electrons. The van der Waals surface area contributed by atoms with E-state index in [1.54, 1.807) is 11.3 Å². The van der Waals surface area contributed by atoms with Crippen molar-refractivity contribution in [3.63, 3.8) is 0 Å². The van der Waals surface area contributed by atoms with Crippen LogP contribution in [0.25, 0.3) is 0 Å². The summed E-state index contributed by atoms with van der Waals surface area (Å²) < 4.78 is 0. The van der Waals surface area contributed by atoms with E-state index >= 15 is 0 Å². The van der Waals surface area contributed by atoms with E-state index < -0.39 is 12.6 Å². The van der Waals surface area contributed by atoms with E-state index in [4.69, 9.17) is 5.11 Å². The van der Waals surface area contributed by atoms with Gasteiger partial charge in [-0.15, -0.1) is 11.3 Å². The van der Waals surface area contributed by atoms with Crippen LogP contribution in [-0.2, 0) is 22.5 Å². The molecule has 1 aliphatic carbocycles. The Labute approximate surface area is 102 Å². The largest absolute Gasteiger partial charge is 0.479 e. The first-order valence-corrected chi connectivity index (χ1v) is 6.29. The molecule has 0 aliphatic heterocycles. The van der Waals surface area contributed by atoms with Crippen LogP contribution in [-0.4, -0.2) is 23.6 Å². The van der Waals surface area contributed by atoms with Gasteiger partial charge < -0.3 is 5.11 Å². The third kappa shape index (κ3) is 2.83. The molecule has 0 unspecified atom stereocenters. The number of hydrogen-bond acceptors (Lipinski definition) is 4. The van der Waals surface area contributed by atoms with Crippen molar-refractivity contribution in [2.24, 2.45) is 0 Å². The highest BCUT2D eigenvalue weighted by atomic mass is 32.1. The van der Waals surface area contributed by atoms with Crippen LogP contribution in [0.5, 0.6) is 0 Å². The standard InChI is InChI=1S/C11H13NO4S/c13-10(14)5-16-12-11(15)8-6-17-9-4-2-1-3-7(8)9/h6H,1-5H2,(H,12,15)(H,13,14). The molecular formula is C11H13NO4S. The molecule has 1 aromatic rings. The van der Waals surface area contributed by atoms with Gasteiger partial charge >= 0.3 is 5.97 Å². The number of hydrogen-bond donors (Lipinski definition) is 2. The number of carboxylic acids is 1. The minimum absolute atomic E-state index is 0.356. The number of hydroxylamine groups is 1. The SMILES string of the molecule is O=C(O)CONC(=O)c1csc2c1CCCC2. The Morgan fingerprint density at radius 3 is 2.94 bits per heavy atom. The lowest BCUT2D eigenvalue weighted by atomic mass is 9.96. The molecule has 0 bridgehead atoms. The molecule has 0 saturated heterocycles. The monoisotopic (exact) mass is 255 g/mol. The van der Waals surface area contributed by atoms with Gasteiger partial charge in [0.15, 0.2) is 6.61 Å².